The smallest absolute Gasteiger partial charge is 0.319 e. The molecular weight excluding hydrogens is 347 g/mol. The van der Waals surface area contributed by atoms with Crippen LogP contribution in [0.15, 0.2) is 36.4 Å². The zero-order valence-electron chi connectivity index (χ0n) is 15.4. The first-order chi connectivity index (χ1) is 12.8. The summed E-state index contributed by atoms with van der Waals surface area (Å²) in [6, 6.07) is 9.46. The third kappa shape index (κ3) is 3.62. The zero-order chi connectivity index (χ0) is 19.2. The Morgan fingerprint density at radius 3 is 2.89 bits per heavy atom. The normalized spacial score (nSPS) is 22.4. The summed E-state index contributed by atoms with van der Waals surface area (Å²) >= 11 is 0. The molecule has 0 aromatic heterocycles. The van der Waals surface area contributed by atoms with E-state index in [2.05, 4.69) is 10.6 Å². The van der Waals surface area contributed by atoms with Crippen molar-refractivity contribution in [3.63, 3.8) is 0 Å². The molecule has 2 amide bonds. The van der Waals surface area contributed by atoms with Crippen molar-refractivity contribution < 1.29 is 19.0 Å². The van der Waals surface area contributed by atoms with Gasteiger partial charge in [0.05, 0.1) is 12.1 Å². The number of ether oxygens (including phenoxy) is 1. The van der Waals surface area contributed by atoms with Crippen LogP contribution >= 0.6 is 0 Å². The Kier molecular flexibility index (Phi) is 4.30. The first-order valence-electron chi connectivity index (χ1n) is 9.15. The summed E-state index contributed by atoms with van der Waals surface area (Å²) in [5, 5.41) is 15.8. The lowest BCUT2D eigenvalue weighted by Crippen LogP contribution is -2.42. The molecule has 0 fully saturated rings. The summed E-state index contributed by atoms with van der Waals surface area (Å²) in [4.78, 5) is 12.7. The van der Waals surface area contributed by atoms with Gasteiger partial charge in [0.15, 0.2) is 0 Å². The van der Waals surface area contributed by atoms with Gasteiger partial charge in [0.1, 0.15) is 17.2 Å². The molecule has 1 aliphatic heterocycles. The minimum Gasteiger partial charge on any atom is -0.487 e. The van der Waals surface area contributed by atoms with Gasteiger partial charge in [0, 0.05) is 30.2 Å². The van der Waals surface area contributed by atoms with Gasteiger partial charge in [-0.1, -0.05) is 18.2 Å². The summed E-state index contributed by atoms with van der Waals surface area (Å²) in [5.41, 5.74) is 3.01. The van der Waals surface area contributed by atoms with Crippen molar-refractivity contribution in [3.8, 4) is 5.75 Å². The molecule has 1 heterocycles. The molecule has 0 bridgehead atoms. The van der Waals surface area contributed by atoms with E-state index in [0.717, 1.165) is 16.7 Å². The number of rotatable bonds is 2. The molecular formula is C21H23FN2O3. The molecule has 4 rings (SSSR count). The van der Waals surface area contributed by atoms with Crippen molar-refractivity contribution >= 4 is 11.7 Å². The maximum atomic E-state index is 13.6. The van der Waals surface area contributed by atoms with Gasteiger partial charge in [-0.15, -0.1) is 0 Å². The third-order valence-electron chi connectivity index (χ3n) is 5.15. The number of halogens is 1. The average Bonchev–Trinajstić information content (AvgIpc) is 2.94. The monoisotopic (exact) mass is 370 g/mol. The molecule has 0 radical (unpaired) electrons. The Hall–Kier alpha value is -2.60. The van der Waals surface area contributed by atoms with Crippen LogP contribution in [0.3, 0.4) is 0 Å². The maximum absolute atomic E-state index is 13.6. The number of hydrogen-bond acceptors (Lipinski definition) is 3. The second-order valence-electron chi connectivity index (χ2n) is 7.90. The van der Waals surface area contributed by atoms with Crippen LogP contribution in [0.25, 0.3) is 0 Å². The second kappa shape index (κ2) is 6.53. The molecule has 6 heteroatoms. The number of nitrogens with one attached hydrogen (secondary N) is 2. The molecule has 2 atom stereocenters. The molecule has 0 saturated carbocycles. The summed E-state index contributed by atoms with van der Waals surface area (Å²) in [6.07, 6.45) is 1.33. The highest BCUT2D eigenvalue weighted by atomic mass is 19.1. The quantitative estimate of drug-likeness (QED) is 0.755. The number of urea groups is 1. The van der Waals surface area contributed by atoms with Gasteiger partial charge in [0.25, 0.3) is 0 Å². The standard InChI is InChI=1S/C21H23FN2O3/c1-21(2)11-18(15-7-6-13(22)9-19(15)27-21)24-20(26)23-17-5-3-4-12-8-14(25)10-16(12)17/h3-7,9,14,18,25H,8,10-11H2,1-2H3,(H2,23,24,26)/t14-,18-/m1/s1. The number of aliphatic hydroxyl groups excluding tert-OH is 1. The molecule has 3 N–H and O–H groups in total. The molecule has 5 nitrogen and oxygen atoms in total. The van der Waals surface area contributed by atoms with E-state index >= 15 is 0 Å². The number of hydrogen-bond donors (Lipinski definition) is 3. The van der Waals surface area contributed by atoms with Gasteiger partial charge in [-0.05, 0) is 43.5 Å². The highest BCUT2D eigenvalue weighted by Crippen LogP contribution is 2.40. The van der Waals surface area contributed by atoms with E-state index in [1.807, 2.05) is 32.0 Å². The van der Waals surface area contributed by atoms with E-state index in [1.54, 1.807) is 6.07 Å². The predicted octanol–water partition coefficient (Wildman–Crippen LogP) is 3.71. The van der Waals surface area contributed by atoms with Crippen LogP contribution < -0.4 is 15.4 Å². The molecule has 27 heavy (non-hydrogen) atoms. The first kappa shape index (κ1) is 17.8. The Bertz CT molecular complexity index is 897. The minimum atomic E-state index is -0.517. The highest BCUT2D eigenvalue weighted by Gasteiger charge is 2.35. The molecule has 2 aromatic rings. The molecule has 1 aliphatic carbocycles. The highest BCUT2D eigenvalue weighted by molar-refractivity contribution is 5.90. The summed E-state index contributed by atoms with van der Waals surface area (Å²) in [5.74, 6) is 0.0910. The van der Waals surface area contributed by atoms with Crippen molar-refractivity contribution in [1.82, 2.24) is 5.32 Å². The van der Waals surface area contributed by atoms with Gasteiger partial charge < -0.3 is 20.5 Å². The van der Waals surface area contributed by atoms with E-state index in [1.165, 1.54) is 12.1 Å². The van der Waals surface area contributed by atoms with Gasteiger partial charge in [-0.25, -0.2) is 9.18 Å². The third-order valence-corrected chi connectivity index (χ3v) is 5.15. The lowest BCUT2D eigenvalue weighted by atomic mass is 9.90. The van der Waals surface area contributed by atoms with Crippen LogP contribution in [0.2, 0.25) is 0 Å². The summed E-state index contributed by atoms with van der Waals surface area (Å²) in [6.45, 7) is 3.83. The van der Waals surface area contributed by atoms with Gasteiger partial charge in [-0.3, -0.25) is 0 Å². The Morgan fingerprint density at radius 1 is 1.26 bits per heavy atom. The number of aliphatic hydroxyl groups is 1. The Labute approximate surface area is 157 Å². The Balaban J connectivity index is 1.53. The molecule has 0 saturated heterocycles. The fourth-order valence-electron chi connectivity index (χ4n) is 4.02. The zero-order valence-corrected chi connectivity index (χ0v) is 15.4. The van der Waals surface area contributed by atoms with Crippen LogP contribution in [-0.2, 0) is 12.8 Å². The van der Waals surface area contributed by atoms with E-state index in [9.17, 15) is 14.3 Å². The number of amides is 2. The lowest BCUT2D eigenvalue weighted by Gasteiger charge is -2.37. The minimum absolute atomic E-state index is 0.285. The van der Waals surface area contributed by atoms with Crippen molar-refractivity contribution in [2.24, 2.45) is 0 Å². The van der Waals surface area contributed by atoms with Crippen LogP contribution in [0.4, 0.5) is 14.9 Å². The number of carbonyl (C=O) groups excluding carboxylic acids is 1. The van der Waals surface area contributed by atoms with Crippen LogP contribution in [0.1, 0.15) is 43.0 Å². The molecule has 142 valence electrons. The van der Waals surface area contributed by atoms with E-state index in [4.69, 9.17) is 4.74 Å². The SMILES string of the molecule is CC1(C)C[C@@H](NC(=O)Nc2cccc3c2C[C@H](O)C3)c2ccc(F)cc2O1. The van der Waals surface area contributed by atoms with Crippen molar-refractivity contribution in [2.75, 3.05) is 5.32 Å². The molecule has 2 aromatic carbocycles. The summed E-state index contributed by atoms with van der Waals surface area (Å²) in [7, 11) is 0. The Morgan fingerprint density at radius 2 is 2.07 bits per heavy atom. The van der Waals surface area contributed by atoms with Crippen LogP contribution in [0, 0.1) is 5.82 Å². The maximum Gasteiger partial charge on any atom is 0.319 e. The van der Waals surface area contributed by atoms with Gasteiger partial charge in [-0.2, -0.15) is 0 Å². The average molecular weight is 370 g/mol. The first-order valence-corrected chi connectivity index (χ1v) is 9.15. The van der Waals surface area contributed by atoms with Gasteiger partial charge >= 0.3 is 6.03 Å². The van der Waals surface area contributed by atoms with Crippen molar-refractivity contribution in [2.45, 2.75) is 50.9 Å². The number of carbonyl (C=O) groups is 1. The fourth-order valence-corrected chi connectivity index (χ4v) is 4.02. The van der Waals surface area contributed by atoms with Gasteiger partial charge in [0.2, 0.25) is 0 Å². The summed E-state index contributed by atoms with van der Waals surface area (Å²) < 4.78 is 19.4. The number of fused-ring (bicyclic) bond motifs is 2. The largest absolute Gasteiger partial charge is 0.487 e. The fraction of sp³-hybridized carbons (Fsp3) is 0.381. The van der Waals surface area contributed by atoms with Crippen molar-refractivity contribution in [3.05, 3.63) is 58.9 Å². The molecule has 0 unspecified atom stereocenters. The topological polar surface area (TPSA) is 70.6 Å². The number of anilines is 1. The molecule has 2 aliphatic rings. The van der Waals surface area contributed by atoms with E-state index < -0.39 is 11.7 Å². The van der Waals surface area contributed by atoms with Crippen molar-refractivity contribution in [1.29, 1.82) is 0 Å². The van der Waals surface area contributed by atoms with Crippen LogP contribution in [-0.4, -0.2) is 22.8 Å². The van der Waals surface area contributed by atoms with E-state index in [-0.39, 0.29) is 17.9 Å². The molecule has 0 spiro atoms. The lowest BCUT2D eigenvalue weighted by molar-refractivity contribution is 0.0678. The predicted molar refractivity (Wildman–Crippen MR) is 100 cm³/mol. The van der Waals surface area contributed by atoms with Crippen LogP contribution in [0.5, 0.6) is 5.75 Å². The van der Waals surface area contributed by atoms with E-state index in [0.29, 0.717) is 30.7 Å². The number of benzene rings is 2. The second-order valence-corrected chi connectivity index (χ2v) is 7.90.